The minimum absolute atomic E-state index is 0.0176. The molecule has 0 radical (unpaired) electrons. The Labute approximate surface area is 198 Å². The van der Waals surface area contributed by atoms with Gasteiger partial charge in [0.05, 0.1) is 31.9 Å². The van der Waals surface area contributed by atoms with Crippen LogP contribution in [0.4, 0.5) is 11.4 Å². The number of methoxy groups -OCH3 is 3. The van der Waals surface area contributed by atoms with Crippen LogP contribution in [0.25, 0.3) is 0 Å². The van der Waals surface area contributed by atoms with Crippen molar-refractivity contribution in [2.75, 3.05) is 31.4 Å². The minimum atomic E-state index is -3.89. The van der Waals surface area contributed by atoms with Crippen LogP contribution < -0.4 is 29.0 Å². The Kier molecular flexibility index (Phi) is 7.85. The second kappa shape index (κ2) is 10.8. The zero-order valence-electron chi connectivity index (χ0n) is 19.2. The number of carbonyl (C=O) groups is 1. The molecule has 34 heavy (non-hydrogen) atoms. The number of anilines is 2. The van der Waals surface area contributed by atoms with E-state index in [9.17, 15) is 13.2 Å². The Morgan fingerprint density at radius 3 is 2.12 bits per heavy atom. The minimum Gasteiger partial charge on any atom is -0.497 e. The standard InChI is InChI=1S/C24H26N2O7S/c1-16(33-20-7-5-6-18(14-20)30-2)24(27)25-17-8-11-21(12-9-17)34(28,29)26-22-13-10-19(31-3)15-23(22)32-4/h5-16,26H,1-4H3,(H,25,27)/t16-/m1/s1. The Bertz CT molecular complexity index is 1240. The van der Waals surface area contributed by atoms with Gasteiger partial charge in [0.25, 0.3) is 15.9 Å². The van der Waals surface area contributed by atoms with Crippen LogP contribution >= 0.6 is 0 Å². The molecule has 0 saturated carbocycles. The molecule has 0 heterocycles. The summed E-state index contributed by atoms with van der Waals surface area (Å²) in [5.41, 5.74) is 0.691. The van der Waals surface area contributed by atoms with Crippen LogP contribution in [0.1, 0.15) is 6.92 Å². The van der Waals surface area contributed by atoms with Crippen molar-refractivity contribution in [1.29, 1.82) is 0 Å². The van der Waals surface area contributed by atoms with Gasteiger partial charge in [0.2, 0.25) is 0 Å². The molecule has 0 aliphatic heterocycles. The molecule has 2 N–H and O–H groups in total. The van der Waals surface area contributed by atoms with Gasteiger partial charge in [0.1, 0.15) is 23.0 Å². The summed E-state index contributed by atoms with van der Waals surface area (Å²) in [6, 6.07) is 17.4. The average molecular weight is 487 g/mol. The van der Waals surface area contributed by atoms with Crippen LogP contribution in [-0.4, -0.2) is 41.8 Å². The summed E-state index contributed by atoms with van der Waals surface area (Å²) < 4.78 is 49.3. The number of hydrogen-bond acceptors (Lipinski definition) is 7. The molecular formula is C24H26N2O7S. The lowest BCUT2D eigenvalue weighted by molar-refractivity contribution is -0.122. The molecule has 3 aromatic rings. The maximum Gasteiger partial charge on any atom is 0.265 e. The molecule has 0 aromatic heterocycles. The third-order valence-electron chi connectivity index (χ3n) is 4.81. The zero-order valence-corrected chi connectivity index (χ0v) is 20.0. The summed E-state index contributed by atoms with van der Waals surface area (Å²) in [6.45, 7) is 1.61. The lowest BCUT2D eigenvalue weighted by Crippen LogP contribution is -2.30. The van der Waals surface area contributed by atoms with Crippen molar-refractivity contribution in [3.05, 3.63) is 66.7 Å². The molecule has 180 valence electrons. The summed E-state index contributed by atoms with van der Waals surface area (Å²) in [5.74, 6) is 1.56. The van der Waals surface area contributed by atoms with E-state index in [0.717, 1.165) is 0 Å². The molecular weight excluding hydrogens is 460 g/mol. The first-order chi connectivity index (χ1) is 16.2. The van der Waals surface area contributed by atoms with Gasteiger partial charge in [-0.25, -0.2) is 8.42 Å². The van der Waals surface area contributed by atoms with Crippen LogP contribution in [0.15, 0.2) is 71.6 Å². The van der Waals surface area contributed by atoms with Crippen LogP contribution in [-0.2, 0) is 14.8 Å². The van der Waals surface area contributed by atoms with Gasteiger partial charge in [0, 0.05) is 17.8 Å². The number of benzene rings is 3. The highest BCUT2D eigenvalue weighted by Crippen LogP contribution is 2.31. The van der Waals surface area contributed by atoms with E-state index in [4.69, 9.17) is 18.9 Å². The van der Waals surface area contributed by atoms with E-state index < -0.39 is 16.1 Å². The summed E-state index contributed by atoms with van der Waals surface area (Å²) in [7, 11) is 0.588. The van der Waals surface area contributed by atoms with Gasteiger partial charge in [-0.1, -0.05) is 6.07 Å². The largest absolute Gasteiger partial charge is 0.497 e. The molecule has 0 fully saturated rings. The number of amides is 1. The molecule has 3 aromatic carbocycles. The number of nitrogens with one attached hydrogen (secondary N) is 2. The summed E-state index contributed by atoms with van der Waals surface area (Å²) in [6.07, 6.45) is -0.792. The van der Waals surface area contributed by atoms with Crippen molar-refractivity contribution < 1.29 is 32.2 Å². The second-order valence-electron chi connectivity index (χ2n) is 7.12. The fraction of sp³-hybridized carbons (Fsp3) is 0.208. The maximum absolute atomic E-state index is 12.8. The Morgan fingerprint density at radius 1 is 0.824 bits per heavy atom. The topological polar surface area (TPSA) is 112 Å². The quantitative estimate of drug-likeness (QED) is 0.447. The number of carbonyl (C=O) groups excluding carboxylic acids is 1. The molecule has 9 nitrogen and oxygen atoms in total. The molecule has 0 bridgehead atoms. The molecule has 1 amide bonds. The summed E-state index contributed by atoms with van der Waals surface area (Å²) >= 11 is 0. The zero-order chi connectivity index (χ0) is 24.7. The van der Waals surface area contributed by atoms with Crippen molar-refractivity contribution in [2.24, 2.45) is 0 Å². The monoisotopic (exact) mass is 486 g/mol. The second-order valence-corrected chi connectivity index (χ2v) is 8.81. The van der Waals surface area contributed by atoms with E-state index in [1.54, 1.807) is 56.5 Å². The first kappa shape index (κ1) is 24.7. The Hall–Kier alpha value is -3.92. The van der Waals surface area contributed by atoms with E-state index in [1.807, 2.05) is 0 Å². The van der Waals surface area contributed by atoms with Gasteiger partial charge in [-0.15, -0.1) is 0 Å². The molecule has 0 aliphatic carbocycles. The van der Waals surface area contributed by atoms with Crippen LogP contribution in [0.3, 0.4) is 0 Å². The van der Waals surface area contributed by atoms with Crippen molar-refractivity contribution in [3.63, 3.8) is 0 Å². The van der Waals surface area contributed by atoms with E-state index in [2.05, 4.69) is 10.0 Å². The van der Waals surface area contributed by atoms with E-state index in [-0.39, 0.29) is 16.5 Å². The predicted octanol–water partition coefficient (Wildman–Crippen LogP) is 3.92. The maximum atomic E-state index is 12.8. The highest BCUT2D eigenvalue weighted by Gasteiger charge is 2.19. The van der Waals surface area contributed by atoms with Gasteiger partial charge >= 0.3 is 0 Å². The lowest BCUT2D eigenvalue weighted by atomic mass is 10.3. The van der Waals surface area contributed by atoms with Gasteiger partial charge in [-0.05, 0) is 55.5 Å². The number of rotatable bonds is 10. The smallest absolute Gasteiger partial charge is 0.265 e. The molecule has 0 spiro atoms. The van der Waals surface area contributed by atoms with Crippen LogP contribution in [0.2, 0.25) is 0 Å². The molecule has 0 unspecified atom stereocenters. The Balaban J connectivity index is 1.66. The van der Waals surface area contributed by atoms with Crippen molar-refractivity contribution in [3.8, 4) is 23.0 Å². The van der Waals surface area contributed by atoms with Crippen LogP contribution in [0, 0.1) is 0 Å². The summed E-state index contributed by atoms with van der Waals surface area (Å²) in [4.78, 5) is 12.5. The molecule has 1 atom stereocenters. The number of ether oxygens (including phenoxy) is 4. The van der Waals surface area contributed by atoms with Gasteiger partial charge in [0.15, 0.2) is 6.10 Å². The third-order valence-corrected chi connectivity index (χ3v) is 6.19. The normalized spacial score (nSPS) is 11.8. The van der Waals surface area contributed by atoms with E-state index >= 15 is 0 Å². The predicted molar refractivity (Wildman–Crippen MR) is 129 cm³/mol. The van der Waals surface area contributed by atoms with Gasteiger partial charge in [-0.3, -0.25) is 9.52 Å². The van der Waals surface area contributed by atoms with Crippen molar-refractivity contribution in [1.82, 2.24) is 0 Å². The van der Waals surface area contributed by atoms with Crippen LogP contribution in [0.5, 0.6) is 23.0 Å². The first-order valence-corrected chi connectivity index (χ1v) is 11.7. The molecule has 0 saturated heterocycles. The highest BCUT2D eigenvalue weighted by molar-refractivity contribution is 7.92. The molecule has 3 rings (SSSR count). The van der Waals surface area contributed by atoms with Gasteiger partial charge < -0.3 is 24.3 Å². The number of sulfonamides is 1. The van der Waals surface area contributed by atoms with Crippen molar-refractivity contribution in [2.45, 2.75) is 17.9 Å². The molecule has 0 aliphatic rings. The number of hydrogen-bond donors (Lipinski definition) is 2. The SMILES string of the molecule is COc1cccc(O[C@H](C)C(=O)Nc2ccc(S(=O)(=O)Nc3ccc(OC)cc3OC)cc2)c1. The summed E-state index contributed by atoms with van der Waals surface area (Å²) in [5, 5.41) is 2.71. The highest BCUT2D eigenvalue weighted by atomic mass is 32.2. The van der Waals surface area contributed by atoms with E-state index in [1.165, 1.54) is 38.5 Å². The third kappa shape index (κ3) is 6.10. The van der Waals surface area contributed by atoms with Gasteiger partial charge in [-0.2, -0.15) is 0 Å². The lowest BCUT2D eigenvalue weighted by Gasteiger charge is -2.16. The fourth-order valence-electron chi connectivity index (χ4n) is 2.98. The first-order valence-electron chi connectivity index (χ1n) is 10.2. The average Bonchev–Trinajstić information content (AvgIpc) is 2.84. The Morgan fingerprint density at radius 2 is 1.47 bits per heavy atom. The molecule has 10 heteroatoms. The van der Waals surface area contributed by atoms with E-state index in [0.29, 0.717) is 28.7 Å². The fourth-order valence-corrected chi connectivity index (χ4v) is 4.05. The van der Waals surface area contributed by atoms with Crippen molar-refractivity contribution >= 4 is 27.3 Å².